The highest BCUT2D eigenvalue weighted by atomic mass is 28.4. The highest BCUT2D eigenvalue weighted by Crippen LogP contribution is 2.67. The van der Waals surface area contributed by atoms with Gasteiger partial charge >= 0.3 is 0 Å². The van der Waals surface area contributed by atoms with Crippen LogP contribution in [-0.2, 0) is 9.22 Å². The van der Waals surface area contributed by atoms with E-state index in [2.05, 4.69) is 107 Å². The first-order chi connectivity index (χ1) is 20.0. The average Bonchev–Trinajstić information content (AvgIpc) is 3.31. The molecular formula is C39H52O2Si. The fourth-order valence-corrected chi connectivity index (χ4v) is 15.4. The fourth-order valence-electron chi connectivity index (χ4n) is 10.7. The van der Waals surface area contributed by atoms with Gasteiger partial charge in [-0.25, -0.2) is 0 Å². The number of Topliss-reactive ketones (excluding diaryl/α,β-unsaturated/α-hetero) is 1. The van der Waals surface area contributed by atoms with Crippen LogP contribution in [0.25, 0.3) is 0 Å². The Morgan fingerprint density at radius 3 is 2.00 bits per heavy atom. The summed E-state index contributed by atoms with van der Waals surface area (Å²) in [5.41, 5.74) is 0.703. The Labute approximate surface area is 256 Å². The quantitative estimate of drug-likeness (QED) is 0.207. The Hall–Kier alpha value is -2.15. The largest absolute Gasteiger partial charge is 0.404 e. The SMILES string of the molecule is CC(=O)C#CC1CC[C@H]2[C@@H]3CCC4CC(O[Si](c5ccccc5)(c5ccccc5)C(C)(C)C)CC[C@]4(C)[C@@H]3CC[C@]12C. The molecule has 3 heteroatoms. The van der Waals surface area contributed by atoms with E-state index in [9.17, 15) is 4.79 Å². The maximum absolute atomic E-state index is 11.6. The van der Waals surface area contributed by atoms with E-state index in [1.807, 2.05) is 0 Å². The number of carbonyl (C=O) groups is 1. The van der Waals surface area contributed by atoms with Gasteiger partial charge in [0.1, 0.15) is 0 Å². The predicted molar refractivity (Wildman–Crippen MR) is 176 cm³/mol. The minimum Gasteiger partial charge on any atom is -0.404 e. The molecule has 6 rings (SSSR count). The molecule has 4 saturated carbocycles. The van der Waals surface area contributed by atoms with E-state index in [0.717, 1.165) is 23.7 Å². The van der Waals surface area contributed by atoms with Crippen LogP contribution in [0.1, 0.15) is 99.3 Å². The van der Waals surface area contributed by atoms with Crippen molar-refractivity contribution >= 4 is 24.5 Å². The van der Waals surface area contributed by atoms with Crippen LogP contribution < -0.4 is 10.4 Å². The molecule has 0 aromatic heterocycles. The minimum absolute atomic E-state index is 0.0146. The lowest BCUT2D eigenvalue weighted by atomic mass is 9.44. The minimum atomic E-state index is -2.54. The Kier molecular flexibility index (Phi) is 7.89. The number of fused-ring (bicyclic) bond motifs is 5. The second-order valence-corrected chi connectivity index (χ2v) is 20.1. The molecule has 0 saturated heterocycles. The lowest BCUT2D eigenvalue weighted by Crippen LogP contribution is -2.68. The maximum Gasteiger partial charge on any atom is 0.261 e. The summed E-state index contributed by atoms with van der Waals surface area (Å²) in [6, 6.07) is 22.4. The van der Waals surface area contributed by atoms with Gasteiger partial charge in [-0.3, -0.25) is 4.79 Å². The molecule has 0 spiro atoms. The van der Waals surface area contributed by atoms with Crippen molar-refractivity contribution in [3.8, 4) is 11.8 Å². The van der Waals surface area contributed by atoms with E-state index in [0.29, 0.717) is 17.4 Å². The molecule has 0 amide bonds. The third-order valence-electron chi connectivity index (χ3n) is 12.8. The van der Waals surface area contributed by atoms with Gasteiger partial charge in [0.05, 0.1) is 0 Å². The van der Waals surface area contributed by atoms with Gasteiger partial charge in [-0.2, -0.15) is 0 Å². The average molecular weight is 581 g/mol. The maximum atomic E-state index is 11.6. The van der Waals surface area contributed by atoms with Crippen LogP contribution in [0.15, 0.2) is 60.7 Å². The molecule has 4 aliphatic carbocycles. The van der Waals surface area contributed by atoms with Gasteiger partial charge < -0.3 is 4.43 Å². The summed E-state index contributed by atoms with van der Waals surface area (Å²) in [7, 11) is -2.54. The first kappa shape index (κ1) is 29.9. The van der Waals surface area contributed by atoms with Gasteiger partial charge in [-0.05, 0) is 114 Å². The van der Waals surface area contributed by atoms with Crippen molar-refractivity contribution in [2.45, 2.75) is 110 Å². The number of benzene rings is 2. The molecule has 4 aliphatic rings. The lowest BCUT2D eigenvalue weighted by molar-refractivity contribution is -0.122. The summed E-state index contributed by atoms with van der Waals surface area (Å²) in [5.74, 6) is 9.94. The van der Waals surface area contributed by atoms with Crippen molar-refractivity contribution in [3.05, 3.63) is 60.7 Å². The smallest absolute Gasteiger partial charge is 0.261 e. The molecule has 0 N–H and O–H groups in total. The fraction of sp³-hybridized carbons (Fsp3) is 0.615. The number of rotatable bonds is 4. The van der Waals surface area contributed by atoms with Crippen LogP contribution in [0, 0.1) is 52.3 Å². The summed E-state index contributed by atoms with van der Waals surface area (Å²) in [5, 5.41) is 2.82. The Morgan fingerprint density at radius 2 is 1.40 bits per heavy atom. The van der Waals surface area contributed by atoms with Gasteiger partial charge in [0.25, 0.3) is 8.32 Å². The number of hydrogen-bond donors (Lipinski definition) is 0. The summed E-state index contributed by atoms with van der Waals surface area (Å²) in [4.78, 5) is 11.6. The molecule has 3 unspecified atom stereocenters. The zero-order valence-corrected chi connectivity index (χ0v) is 27.9. The van der Waals surface area contributed by atoms with Crippen LogP contribution >= 0.6 is 0 Å². The van der Waals surface area contributed by atoms with Crippen LogP contribution in [0.4, 0.5) is 0 Å². The van der Waals surface area contributed by atoms with Gasteiger partial charge in [-0.1, -0.05) is 101 Å². The first-order valence-electron chi connectivity index (χ1n) is 16.8. The van der Waals surface area contributed by atoms with E-state index in [1.165, 1.54) is 68.2 Å². The van der Waals surface area contributed by atoms with Crippen LogP contribution in [0.2, 0.25) is 5.04 Å². The molecule has 2 aromatic carbocycles. The Morgan fingerprint density at radius 1 is 0.810 bits per heavy atom. The van der Waals surface area contributed by atoms with Gasteiger partial charge in [0, 0.05) is 18.9 Å². The zero-order valence-electron chi connectivity index (χ0n) is 26.9. The molecule has 0 bridgehead atoms. The molecular weight excluding hydrogens is 529 g/mol. The molecule has 0 heterocycles. The topological polar surface area (TPSA) is 26.3 Å². The van der Waals surface area contributed by atoms with Crippen molar-refractivity contribution < 1.29 is 9.22 Å². The highest BCUT2D eigenvalue weighted by molar-refractivity contribution is 6.99. The number of carbonyl (C=O) groups excluding carboxylic acids is 1. The molecule has 0 aliphatic heterocycles. The summed E-state index contributed by atoms with van der Waals surface area (Å²) in [6.07, 6.45) is 11.8. The van der Waals surface area contributed by atoms with E-state index >= 15 is 0 Å². The van der Waals surface area contributed by atoms with Crippen LogP contribution in [0.5, 0.6) is 0 Å². The monoisotopic (exact) mass is 580 g/mol. The van der Waals surface area contributed by atoms with Crippen molar-refractivity contribution in [2.75, 3.05) is 0 Å². The Balaban J connectivity index is 1.25. The molecule has 8 atom stereocenters. The van der Waals surface area contributed by atoms with Crippen molar-refractivity contribution in [1.82, 2.24) is 0 Å². The molecule has 0 radical (unpaired) electrons. The van der Waals surface area contributed by atoms with Crippen molar-refractivity contribution in [1.29, 1.82) is 0 Å². The number of ketones is 1. The van der Waals surface area contributed by atoms with Gasteiger partial charge in [-0.15, -0.1) is 0 Å². The van der Waals surface area contributed by atoms with Gasteiger partial charge in [0.2, 0.25) is 5.78 Å². The molecule has 4 fully saturated rings. The van der Waals surface area contributed by atoms with Crippen molar-refractivity contribution in [3.63, 3.8) is 0 Å². The predicted octanol–water partition coefficient (Wildman–Crippen LogP) is 8.18. The van der Waals surface area contributed by atoms with E-state index in [4.69, 9.17) is 4.43 Å². The number of hydrogen-bond acceptors (Lipinski definition) is 2. The van der Waals surface area contributed by atoms with Gasteiger partial charge in [0.15, 0.2) is 0 Å². The third-order valence-corrected chi connectivity index (χ3v) is 17.9. The standard InChI is InChI=1S/C39H52O2Si/c1-28(40)17-18-29-20-22-35-34-21-19-30-27-31(23-25-39(30,6)36(34)24-26-38(29,35)5)41-42(37(2,3)4,32-13-9-7-10-14-32)33-15-11-8-12-16-33/h7-16,29-31,34-36H,19-27H2,1-6H3/t29?,30?,31?,34-,35-,36+,38+,39-/m0/s1. The normalized spacial score (nSPS) is 36.1. The molecule has 224 valence electrons. The van der Waals surface area contributed by atoms with E-state index in [1.54, 1.807) is 6.92 Å². The van der Waals surface area contributed by atoms with E-state index < -0.39 is 8.32 Å². The summed E-state index contributed by atoms with van der Waals surface area (Å²) in [6.45, 7) is 14.0. The lowest BCUT2D eigenvalue weighted by Gasteiger charge is -2.61. The third kappa shape index (κ3) is 4.86. The second kappa shape index (κ2) is 11.1. The highest BCUT2D eigenvalue weighted by Gasteiger charge is 2.61. The summed E-state index contributed by atoms with van der Waals surface area (Å²) >= 11 is 0. The van der Waals surface area contributed by atoms with Crippen molar-refractivity contribution in [2.24, 2.45) is 40.4 Å². The second-order valence-electron chi connectivity index (χ2n) is 15.8. The zero-order chi connectivity index (χ0) is 29.8. The molecule has 2 nitrogen and oxygen atoms in total. The summed E-state index contributed by atoms with van der Waals surface area (Å²) < 4.78 is 7.69. The molecule has 2 aromatic rings. The van der Waals surface area contributed by atoms with Crippen LogP contribution in [0.3, 0.4) is 0 Å². The Bertz CT molecular complexity index is 1290. The molecule has 42 heavy (non-hydrogen) atoms. The van der Waals surface area contributed by atoms with E-state index in [-0.39, 0.29) is 16.2 Å². The van der Waals surface area contributed by atoms with Crippen LogP contribution in [-0.4, -0.2) is 20.2 Å². The first-order valence-corrected chi connectivity index (χ1v) is 18.7.